The van der Waals surface area contributed by atoms with Crippen molar-refractivity contribution < 1.29 is 4.92 Å². The van der Waals surface area contributed by atoms with E-state index < -0.39 is 0 Å². The lowest BCUT2D eigenvalue weighted by Gasteiger charge is -2.11. The van der Waals surface area contributed by atoms with Crippen molar-refractivity contribution in [2.24, 2.45) is 5.92 Å². The van der Waals surface area contributed by atoms with Crippen molar-refractivity contribution in [1.29, 1.82) is 0 Å². The van der Waals surface area contributed by atoms with Gasteiger partial charge in [-0.05, 0) is 25.5 Å². The molecule has 0 aliphatic carbocycles. The molecule has 0 atom stereocenters. The predicted molar refractivity (Wildman–Crippen MR) is 74.6 cm³/mol. The van der Waals surface area contributed by atoms with Crippen molar-refractivity contribution in [3.63, 3.8) is 0 Å². The molecule has 1 aromatic rings. The number of nitrogens with one attached hydrogen (secondary N) is 1. The zero-order valence-corrected chi connectivity index (χ0v) is 11.4. The quantitative estimate of drug-likeness (QED) is 0.643. The van der Waals surface area contributed by atoms with Crippen LogP contribution in [0.5, 0.6) is 0 Å². The molecule has 0 radical (unpaired) electrons. The third-order valence-electron chi connectivity index (χ3n) is 2.90. The Bertz CT molecular complexity index is 465. The molecular weight excluding hydrogens is 228 g/mol. The van der Waals surface area contributed by atoms with E-state index in [9.17, 15) is 10.1 Å². The number of hydrogen-bond acceptors (Lipinski definition) is 3. The Hall–Kier alpha value is -1.68. The van der Waals surface area contributed by atoms with E-state index in [1.54, 1.807) is 19.1 Å². The van der Waals surface area contributed by atoms with Gasteiger partial charge in [0.1, 0.15) is 0 Å². The molecule has 4 nitrogen and oxygen atoms in total. The fraction of sp³-hybridized carbons (Fsp3) is 0.429. The van der Waals surface area contributed by atoms with Crippen LogP contribution in [0.1, 0.15) is 25.0 Å². The van der Waals surface area contributed by atoms with Crippen molar-refractivity contribution in [3.8, 4) is 0 Å². The Morgan fingerprint density at radius 2 is 2.17 bits per heavy atom. The molecular formula is C14H20N2O2. The minimum Gasteiger partial charge on any atom is -0.316 e. The molecule has 98 valence electrons. The molecule has 0 spiro atoms. The number of hydrogen-bond donors (Lipinski definition) is 1. The molecule has 18 heavy (non-hydrogen) atoms. The lowest BCUT2D eigenvalue weighted by atomic mass is 9.99. The predicted octanol–water partition coefficient (Wildman–Crippen LogP) is 3.16. The van der Waals surface area contributed by atoms with Crippen LogP contribution in [0.2, 0.25) is 0 Å². The van der Waals surface area contributed by atoms with E-state index in [2.05, 4.69) is 19.2 Å². The number of likely N-dealkylation sites (N-methyl/N-ethyl adjacent to an activating group) is 1. The van der Waals surface area contributed by atoms with Crippen LogP contribution in [0.25, 0.3) is 6.08 Å². The second-order valence-corrected chi connectivity index (χ2v) is 4.71. The van der Waals surface area contributed by atoms with Gasteiger partial charge in [-0.2, -0.15) is 0 Å². The first-order valence-electron chi connectivity index (χ1n) is 6.05. The van der Waals surface area contributed by atoms with E-state index in [4.69, 9.17) is 0 Å². The lowest BCUT2D eigenvalue weighted by Crippen LogP contribution is -2.13. The van der Waals surface area contributed by atoms with Crippen LogP contribution in [0.3, 0.4) is 0 Å². The van der Waals surface area contributed by atoms with Gasteiger partial charge in [-0.15, -0.1) is 0 Å². The van der Waals surface area contributed by atoms with Gasteiger partial charge in [0.15, 0.2) is 0 Å². The van der Waals surface area contributed by atoms with E-state index in [0.717, 1.165) is 12.1 Å². The van der Waals surface area contributed by atoms with Crippen LogP contribution in [0.15, 0.2) is 23.8 Å². The maximum atomic E-state index is 10.9. The van der Waals surface area contributed by atoms with Gasteiger partial charge in [0.2, 0.25) is 0 Å². The molecule has 4 heteroatoms. The molecule has 0 amide bonds. The standard InChI is InChI=1S/C14H20N2O2/c1-10(2)13(9-15-4)7-12-6-5-11(3)14(8-12)16(17)18/h5-8,10,15H,9H2,1-4H3. The fourth-order valence-electron chi connectivity index (χ4n) is 1.75. The summed E-state index contributed by atoms with van der Waals surface area (Å²) >= 11 is 0. The number of nitro benzene ring substituents is 1. The Kier molecular flexibility index (Phi) is 5.04. The third kappa shape index (κ3) is 3.67. The largest absolute Gasteiger partial charge is 0.316 e. The number of nitro groups is 1. The Morgan fingerprint density at radius 1 is 1.50 bits per heavy atom. The highest BCUT2D eigenvalue weighted by Crippen LogP contribution is 2.22. The Balaban J connectivity index is 3.13. The zero-order chi connectivity index (χ0) is 13.7. The average molecular weight is 248 g/mol. The van der Waals surface area contributed by atoms with Crippen LogP contribution in [-0.4, -0.2) is 18.5 Å². The molecule has 1 rings (SSSR count). The van der Waals surface area contributed by atoms with Gasteiger partial charge in [-0.25, -0.2) is 0 Å². The molecule has 0 aliphatic rings. The van der Waals surface area contributed by atoms with Crippen LogP contribution in [0.4, 0.5) is 5.69 Å². The molecule has 0 heterocycles. The summed E-state index contributed by atoms with van der Waals surface area (Å²) in [6.45, 7) is 6.78. The summed E-state index contributed by atoms with van der Waals surface area (Å²) in [5.74, 6) is 0.415. The van der Waals surface area contributed by atoms with Crippen LogP contribution in [0, 0.1) is 23.0 Å². The van der Waals surface area contributed by atoms with Gasteiger partial charge in [0, 0.05) is 18.2 Å². The van der Waals surface area contributed by atoms with Crippen molar-refractivity contribution in [2.75, 3.05) is 13.6 Å². The first kappa shape index (κ1) is 14.4. The second-order valence-electron chi connectivity index (χ2n) is 4.71. The van der Waals surface area contributed by atoms with E-state index >= 15 is 0 Å². The molecule has 0 aromatic heterocycles. The van der Waals surface area contributed by atoms with E-state index in [-0.39, 0.29) is 10.6 Å². The SMILES string of the molecule is CNCC(=Cc1ccc(C)c([N+](=O)[O-])c1)C(C)C. The molecule has 1 N–H and O–H groups in total. The van der Waals surface area contributed by atoms with Gasteiger partial charge in [0.25, 0.3) is 5.69 Å². The zero-order valence-electron chi connectivity index (χ0n) is 11.4. The molecule has 0 fully saturated rings. The van der Waals surface area contributed by atoms with E-state index in [1.807, 2.05) is 19.2 Å². The number of benzene rings is 1. The summed E-state index contributed by atoms with van der Waals surface area (Å²) in [5, 5.41) is 14.0. The normalized spacial score (nSPS) is 11.9. The summed E-state index contributed by atoms with van der Waals surface area (Å²) in [4.78, 5) is 10.6. The van der Waals surface area contributed by atoms with Gasteiger partial charge in [0.05, 0.1) is 4.92 Å². The first-order chi connectivity index (χ1) is 8.45. The molecule has 0 bridgehead atoms. The van der Waals surface area contributed by atoms with E-state index in [1.165, 1.54) is 5.57 Å². The molecule has 0 unspecified atom stereocenters. The molecule has 0 aliphatic heterocycles. The van der Waals surface area contributed by atoms with Gasteiger partial charge in [-0.1, -0.05) is 37.6 Å². The maximum absolute atomic E-state index is 10.9. The maximum Gasteiger partial charge on any atom is 0.272 e. The Labute approximate surface area is 108 Å². The van der Waals surface area contributed by atoms with Crippen LogP contribution in [-0.2, 0) is 0 Å². The minimum atomic E-state index is -0.334. The molecule has 0 saturated heterocycles. The summed E-state index contributed by atoms with van der Waals surface area (Å²) in [6, 6.07) is 5.34. The smallest absolute Gasteiger partial charge is 0.272 e. The summed E-state index contributed by atoms with van der Waals surface area (Å²) in [6.07, 6.45) is 2.02. The second kappa shape index (κ2) is 6.31. The lowest BCUT2D eigenvalue weighted by molar-refractivity contribution is -0.385. The average Bonchev–Trinajstić information content (AvgIpc) is 2.30. The molecule has 1 aromatic carbocycles. The first-order valence-corrected chi connectivity index (χ1v) is 6.05. The van der Waals surface area contributed by atoms with Gasteiger partial charge in [-0.3, -0.25) is 10.1 Å². The van der Waals surface area contributed by atoms with Gasteiger partial charge < -0.3 is 5.32 Å². The molecule has 0 saturated carbocycles. The Morgan fingerprint density at radius 3 is 2.67 bits per heavy atom. The third-order valence-corrected chi connectivity index (χ3v) is 2.90. The topological polar surface area (TPSA) is 55.2 Å². The highest BCUT2D eigenvalue weighted by molar-refractivity contribution is 5.58. The summed E-state index contributed by atoms with van der Waals surface area (Å²) < 4.78 is 0. The minimum absolute atomic E-state index is 0.177. The highest BCUT2D eigenvalue weighted by atomic mass is 16.6. The van der Waals surface area contributed by atoms with Crippen LogP contribution >= 0.6 is 0 Å². The van der Waals surface area contributed by atoms with E-state index in [0.29, 0.717) is 11.5 Å². The van der Waals surface area contributed by atoms with Crippen molar-refractivity contribution in [2.45, 2.75) is 20.8 Å². The number of rotatable bonds is 5. The fourth-order valence-corrected chi connectivity index (χ4v) is 1.75. The van der Waals surface area contributed by atoms with Gasteiger partial charge >= 0.3 is 0 Å². The number of aryl methyl sites for hydroxylation is 1. The summed E-state index contributed by atoms with van der Waals surface area (Å²) in [7, 11) is 1.90. The monoisotopic (exact) mass is 248 g/mol. The van der Waals surface area contributed by atoms with Crippen LogP contribution < -0.4 is 5.32 Å². The van der Waals surface area contributed by atoms with Crippen molar-refractivity contribution in [1.82, 2.24) is 5.32 Å². The highest BCUT2D eigenvalue weighted by Gasteiger charge is 2.11. The summed E-state index contributed by atoms with van der Waals surface area (Å²) in [5.41, 5.74) is 2.98. The van der Waals surface area contributed by atoms with Crippen molar-refractivity contribution >= 4 is 11.8 Å². The van der Waals surface area contributed by atoms with Crippen molar-refractivity contribution in [3.05, 3.63) is 45.0 Å². The number of nitrogens with zero attached hydrogens (tertiary/aromatic N) is 1.